The second-order valence-corrected chi connectivity index (χ2v) is 7.19. The third kappa shape index (κ3) is 5.47. The third-order valence-corrected chi connectivity index (χ3v) is 5.15. The fourth-order valence-electron chi connectivity index (χ4n) is 3.56. The quantitative estimate of drug-likeness (QED) is 0.706. The summed E-state index contributed by atoms with van der Waals surface area (Å²) >= 11 is 0. The SMILES string of the molecule is C=CCc1cc(CN2CCN(CC=Cc3ccccc3)CC2)c(O)c(OC)c1. The zero-order valence-corrected chi connectivity index (χ0v) is 16.7. The lowest BCUT2D eigenvalue weighted by molar-refractivity contribution is 0.136. The Bertz CT molecular complexity index is 794. The number of hydrogen-bond acceptors (Lipinski definition) is 4. The van der Waals surface area contributed by atoms with Gasteiger partial charge in [0.05, 0.1) is 7.11 Å². The first kappa shape index (κ1) is 20.2. The molecule has 4 nitrogen and oxygen atoms in total. The lowest BCUT2D eigenvalue weighted by Gasteiger charge is -2.34. The Morgan fingerprint density at radius 2 is 1.79 bits per heavy atom. The molecule has 0 unspecified atom stereocenters. The van der Waals surface area contributed by atoms with Gasteiger partial charge in [-0.05, 0) is 23.6 Å². The van der Waals surface area contributed by atoms with E-state index in [1.807, 2.05) is 18.2 Å². The molecule has 1 aliphatic rings. The van der Waals surface area contributed by atoms with E-state index in [1.54, 1.807) is 7.11 Å². The van der Waals surface area contributed by atoms with Crippen LogP contribution in [0.1, 0.15) is 16.7 Å². The van der Waals surface area contributed by atoms with Crippen LogP contribution in [0.3, 0.4) is 0 Å². The van der Waals surface area contributed by atoms with Gasteiger partial charge in [-0.15, -0.1) is 6.58 Å². The topological polar surface area (TPSA) is 35.9 Å². The number of ether oxygens (including phenoxy) is 1. The van der Waals surface area contributed by atoms with Crippen molar-refractivity contribution < 1.29 is 9.84 Å². The van der Waals surface area contributed by atoms with Crippen LogP contribution in [0, 0.1) is 0 Å². The number of allylic oxidation sites excluding steroid dienone is 1. The molecule has 2 aromatic rings. The van der Waals surface area contributed by atoms with Crippen LogP contribution in [0.5, 0.6) is 11.5 Å². The Labute approximate surface area is 168 Å². The predicted octanol–water partition coefficient (Wildman–Crippen LogP) is 3.96. The molecule has 0 atom stereocenters. The highest BCUT2D eigenvalue weighted by Crippen LogP contribution is 2.32. The summed E-state index contributed by atoms with van der Waals surface area (Å²) < 4.78 is 5.34. The third-order valence-electron chi connectivity index (χ3n) is 5.15. The minimum atomic E-state index is 0.253. The minimum Gasteiger partial charge on any atom is -0.504 e. The molecule has 1 saturated heterocycles. The van der Waals surface area contributed by atoms with Gasteiger partial charge in [0.15, 0.2) is 11.5 Å². The maximum atomic E-state index is 10.5. The number of phenols is 1. The van der Waals surface area contributed by atoms with E-state index in [-0.39, 0.29) is 5.75 Å². The van der Waals surface area contributed by atoms with Crippen LogP contribution >= 0.6 is 0 Å². The van der Waals surface area contributed by atoms with Crippen LogP contribution in [0.2, 0.25) is 0 Å². The molecule has 0 spiro atoms. The molecule has 0 amide bonds. The number of benzene rings is 2. The molecular weight excluding hydrogens is 348 g/mol. The zero-order valence-electron chi connectivity index (χ0n) is 16.7. The summed E-state index contributed by atoms with van der Waals surface area (Å²) in [5.74, 6) is 0.794. The standard InChI is InChI=1S/C24H30N2O2/c1-3-8-21-17-22(24(27)23(18-21)28-2)19-26-15-13-25(14-16-26)12-7-11-20-9-5-4-6-10-20/h3-7,9-11,17-18,27H,1,8,12-16,19H2,2H3. The average Bonchev–Trinajstić information content (AvgIpc) is 2.72. The predicted molar refractivity (Wildman–Crippen MR) is 116 cm³/mol. The highest BCUT2D eigenvalue weighted by atomic mass is 16.5. The fraction of sp³-hybridized carbons (Fsp3) is 0.333. The average molecular weight is 379 g/mol. The van der Waals surface area contributed by atoms with Crippen LogP contribution in [-0.2, 0) is 13.0 Å². The molecule has 1 heterocycles. The van der Waals surface area contributed by atoms with Gasteiger partial charge >= 0.3 is 0 Å². The Balaban J connectivity index is 1.53. The molecule has 1 fully saturated rings. The highest BCUT2D eigenvalue weighted by molar-refractivity contribution is 5.49. The Morgan fingerprint density at radius 3 is 2.46 bits per heavy atom. The van der Waals surface area contributed by atoms with E-state index < -0.39 is 0 Å². The first-order valence-corrected chi connectivity index (χ1v) is 9.85. The van der Waals surface area contributed by atoms with Gasteiger partial charge in [0.1, 0.15) is 0 Å². The van der Waals surface area contributed by atoms with Crippen molar-refractivity contribution in [1.82, 2.24) is 9.80 Å². The number of methoxy groups -OCH3 is 1. The van der Waals surface area contributed by atoms with Crippen molar-refractivity contribution in [2.24, 2.45) is 0 Å². The first-order valence-electron chi connectivity index (χ1n) is 9.85. The van der Waals surface area contributed by atoms with Crippen molar-refractivity contribution >= 4 is 6.08 Å². The van der Waals surface area contributed by atoms with Gasteiger partial charge in [0, 0.05) is 44.8 Å². The maximum absolute atomic E-state index is 10.5. The smallest absolute Gasteiger partial charge is 0.162 e. The molecule has 0 bridgehead atoms. The van der Waals surface area contributed by atoms with Crippen molar-refractivity contribution in [2.75, 3.05) is 39.8 Å². The molecule has 4 heteroatoms. The van der Waals surface area contributed by atoms with E-state index in [0.717, 1.165) is 56.8 Å². The van der Waals surface area contributed by atoms with E-state index in [0.29, 0.717) is 5.75 Å². The van der Waals surface area contributed by atoms with Crippen LogP contribution in [0.4, 0.5) is 0 Å². The van der Waals surface area contributed by atoms with Gasteiger partial charge in [-0.1, -0.05) is 54.6 Å². The molecule has 1 aliphatic heterocycles. The molecule has 1 N–H and O–H groups in total. The Hall–Kier alpha value is -2.56. The summed E-state index contributed by atoms with van der Waals surface area (Å²) in [5, 5.41) is 10.5. The molecule has 2 aromatic carbocycles. The lowest BCUT2D eigenvalue weighted by Crippen LogP contribution is -2.45. The van der Waals surface area contributed by atoms with E-state index in [9.17, 15) is 5.11 Å². The fourth-order valence-corrected chi connectivity index (χ4v) is 3.56. The molecule has 148 valence electrons. The normalized spacial score (nSPS) is 15.8. The second kappa shape index (κ2) is 10.1. The number of piperazine rings is 1. The Kier molecular flexibility index (Phi) is 7.29. The summed E-state index contributed by atoms with van der Waals surface area (Å²) in [4.78, 5) is 4.86. The molecule has 3 rings (SSSR count). The Morgan fingerprint density at radius 1 is 1.07 bits per heavy atom. The van der Waals surface area contributed by atoms with Crippen LogP contribution in [0.15, 0.2) is 61.2 Å². The van der Waals surface area contributed by atoms with Gasteiger partial charge in [0.2, 0.25) is 0 Å². The van der Waals surface area contributed by atoms with Crippen LogP contribution in [0.25, 0.3) is 6.08 Å². The summed E-state index contributed by atoms with van der Waals surface area (Å²) in [7, 11) is 1.60. The van der Waals surface area contributed by atoms with E-state index in [1.165, 1.54) is 5.56 Å². The van der Waals surface area contributed by atoms with Crippen molar-refractivity contribution in [2.45, 2.75) is 13.0 Å². The van der Waals surface area contributed by atoms with E-state index in [2.05, 4.69) is 58.9 Å². The molecule has 0 aliphatic carbocycles. The van der Waals surface area contributed by atoms with E-state index in [4.69, 9.17) is 4.74 Å². The van der Waals surface area contributed by atoms with Gasteiger partial charge in [-0.25, -0.2) is 0 Å². The van der Waals surface area contributed by atoms with Crippen molar-refractivity contribution in [3.05, 3.63) is 77.9 Å². The number of rotatable bonds is 8. The van der Waals surface area contributed by atoms with Crippen molar-refractivity contribution in [3.8, 4) is 11.5 Å². The zero-order chi connectivity index (χ0) is 19.8. The number of phenolic OH excluding ortho intramolecular Hbond substituents is 1. The maximum Gasteiger partial charge on any atom is 0.162 e. The highest BCUT2D eigenvalue weighted by Gasteiger charge is 2.19. The lowest BCUT2D eigenvalue weighted by atomic mass is 10.0. The van der Waals surface area contributed by atoms with Crippen LogP contribution in [-0.4, -0.2) is 54.7 Å². The first-order chi connectivity index (χ1) is 13.7. The largest absolute Gasteiger partial charge is 0.504 e. The number of aromatic hydroxyl groups is 1. The van der Waals surface area contributed by atoms with E-state index >= 15 is 0 Å². The number of nitrogens with zero attached hydrogens (tertiary/aromatic N) is 2. The summed E-state index contributed by atoms with van der Waals surface area (Å²) in [6, 6.07) is 14.4. The van der Waals surface area contributed by atoms with Crippen molar-refractivity contribution in [1.29, 1.82) is 0 Å². The van der Waals surface area contributed by atoms with Gasteiger partial charge in [-0.3, -0.25) is 9.80 Å². The molecule has 28 heavy (non-hydrogen) atoms. The van der Waals surface area contributed by atoms with Gasteiger partial charge in [-0.2, -0.15) is 0 Å². The van der Waals surface area contributed by atoms with Crippen molar-refractivity contribution in [3.63, 3.8) is 0 Å². The van der Waals surface area contributed by atoms with Gasteiger partial charge < -0.3 is 9.84 Å². The summed E-state index contributed by atoms with van der Waals surface area (Å²) in [5.41, 5.74) is 3.28. The molecule has 0 saturated carbocycles. The summed E-state index contributed by atoms with van der Waals surface area (Å²) in [6.07, 6.45) is 7.06. The second-order valence-electron chi connectivity index (χ2n) is 7.19. The van der Waals surface area contributed by atoms with Gasteiger partial charge in [0.25, 0.3) is 0 Å². The monoisotopic (exact) mass is 378 g/mol. The molecule has 0 radical (unpaired) electrons. The minimum absolute atomic E-state index is 0.253. The molecular formula is C24H30N2O2. The van der Waals surface area contributed by atoms with Crippen LogP contribution < -0.4 is 4.74 Å². The summed E-state index contributed by atoms with van der Waals surface area (Å²) in [6.45, 7) is 9.56. The number of hydrogen-bond donors (Lipinski definition) is 1. The molecule has 0 aromatic heterocycles.